The fraction of sp³-hybridized carbons (Fsp3) is 0.333. The number of hydrogen-bond acceptors (Lipinski definition) is 5. The fourth-order valence-corrected chi connectivity index (χ4v) is 0.547. The second-order valence-electron chi connectivity index (χ2n) is 2.03. The van der Waals surface area contributed by atoms with Gasteiger partial charge in [-0.05, 0) is 6.92 Å². The molecule has 1 N–H and O–H groups in total. The summed E-state index contributed by atoms with van der Waals surface area (Å²) < 4.78 is 4.62. The summed E-state index contributed by atoms with van der Waals surface area (Å²) in [7, 11) is 0. The number of carbonyl (C=O) groups excluding carboxylic acids is 1. The minimum Gasteiger partial charge on any atom is -0.442 e. The number of nitrogens with zero attached hydrogens (tertiary/aromatic N) is 3. The van der Waals surface area contributed by atoms with Gasteiger partial charge in [-0.25, -0.2) is 4.79 Å². The summed E-state index contributed by atoms with van der Waals surface area (Å²) in [6.07, 6.45) is 0.459. The largest absolute Gasteiger partial charge is 0.442 e. The summed E-state index contributed by atoms with van der Waals surface area (Å²) in [6.45, 7) is 1.47. The highest BCUT2D eigenvalue weighted by molar-refractivity contribution is 5.86. The van der Waals surface area contributed by atoms with Crippen LogP contribution >= 0.6 is 0 Å². The molecule has 1 unspecified atom stereocenters. The lowest BCUT2D eigenvalue weighted by Gasteiger charge is -2.01. The first kappa shape index (κ1) is 8.20. The Hall–Kier alpha value is -1.90. The van der Waals surface area contributed by atoms with Gasteiger partial charge < -0.3 is 4.74 Å². The van der Waals surface area contributed by atoms with E-state index >= 15 is 0 Å². The van der Waals surface area contributed by atoms with Crippen LogP contribution in [-0.2, 0) is 4.74 Å². The van der Waals surface area contributed by atoms with Gasteiger partial charge >= 0.3 is 5.97 Å². The summed E-state index contributed by atoms with van der Waals surface area (Å²) in [5, 5.41) is 17.5. The zero-order chi connectivity index (χ0) is 8.97. The van der Waals surface area contributed by atoms with Crippen LogP contribution in [0.2, 0.25) is 0 Å². The van der Waals surface area contributed by atoms with E-state index < -0.39 is 12.1 Å². The van der Waals surface area contributed by atoms with Crippen molar-refractivity contribution in [3.8, 4) is 6.07 Å². The van der Waals surface area contributed by atoms with Gasteiger partial charge in [0.25, 0.3) is 0 Å². The minimum absolute atomic E-state index is 0.0668. The highest BCUT2D eigenvalue weighted by Crippen LogP contribution is 1.96. The van der Waals surface area contributed by atoms with Crippen LogP contribution in [0.15, 0.2) is 6.20 Å². The van der Waals surface area contributed by atoms with Crippen LogP contribution in [0.5, 0.6) is 0 Å². The topological polar surface area (TPSA) is 91.7 Å². The molecule has 0 amide bonds. The third kappa shape index (κ3) is 1.79. The van der Waals surface area contributed by atoms with Crippen molar-refractivity contribution in [2.45, 2.75) is 13.0 Å². The van der Waals surface area contributed by atoms with E-state index in [9.17, 15) is 4.79 Å². The number of H-pyrrole nitrogens is 1. The number of nitriles is 1. The van der Waals surface area contributed by atoms with Gasteiger partial charge in [0.1, 0.15) is 6.07 Å². The lowest BCUT2D eigenvalue weighted by molar-refractivity contribution is 0.0428. The molecule has 0 aromatic carbocycles. The molecule has 0 radical (unpaired) electrons. The van der Waals surface area contributed by atoms with Crippen molar-refractivity contribution in [2.24, 2.45) is 0 Å². The maximum Gasteiger partial charge on any atom is 0.361 e. The number of nitrogens with one attached hydrogen (secondary N) is 1. The van der Waals surface area contributed by atoms with E-state index in [2.05, 4.69) is 20.1 Å². The van der Waals surface area contributed by atoms with Crippen molar-refractivity contribution in [1.82, 2.24) is 15.4 Å². The van der Waals surface area contributed by atoms with Crippen LogP contribution in [0, 0.1) is 11.3 Å². The molecule has 1 aromatic rings. The molecule has 6 nitrogen and oxygen atoms in total. The predicted molar refractivity (Wildman–Crippen MR) is 36.9 cm³/mol. The molecule has 0 saturated carbocycles. The first-order chi connectivity index (χ1) is 5.74. The molecule has 0 aliphatic carbocycles. The van der Waals surface area contributed by atoms with Gasteiger partial charge in [0, 0.05) is 0 Å². The van der Waals surface area contributed by atoms with E-state index in [1.807, 2.05) is 0 Å². The number of esters is 1. The molecule has 62 valence electrons. The molecule has 6 heteroatoms. The van der Waals surface area contributed by atoms with Crippen molar-refractivity contribution < 1.29 is 9.53 Å². The summed E-state index contributed by atoms with van der Waals surface area (Å²) in [5.41, 5.74) is 0.0668. The minimum atomic E-state index is -0.769. The predicted octanol–water partition coefficient (Wildman–Crippen LogP) is -0.126. The van der Waals surface area contributed by atoms with E-state index in [1.54, 1.807) is 6.07 Å². The normalized spacial score (nSPS) is 11.7. The number of ether oxygens (including phenoxy) is 1. The second kappa shape index (κ2) is 3.48. The summed E-state index contributed by atoms with van der Waals surface area (Å²) in [4.78, 5) is 11.0. The van der Waals surface area contributed by atoms with Gasteiger partial charge in [0.05, 0.1) is 6.20 Å². The first-order valence-electron chi connectivity index (χ1n) is 3.20. The SMILES string of the molecule is CC(C#N)OC(=O)c1cn[nH]n1. The van der Waals surface area contributed by atoms with Gasteiger partial charge in [-0.3, -0.25) is 0 Å². The Morgan fingerprint density at radius 3 is 3.17 bits per heavy atom. The van der Waals surface area contributed by atoms with Gasteiger partial charge in [-0.1, -0.05) is 0 Å². The molecule has 0 spiro atoms. The van der Waals surface area contributed by atoms with E-state index in [0.29, 0.717) is 0 Å². The van der Waals surface area contributed by atoms with Crippen LogP contribution < -0.4 is 0 Å². The van der Waals surface area contributed by atoms with E-state index in [4.69, 9.17) is 5.26 Å². The van der Waals surface area contributed by atoms with E-state index in [0.717, 1.165) is 0 Å². The number of aromatic amines is 1. The Morgan fingerprint density at radius 2 is 2.67 bits per heavy atom. The zero-order valence-corrected chi connectivity index (χ0v) is 6.31. The first-order valence-corrected chi connectivity index (χ1v) is 3.20. The van der Waals surface area contributed by atoms with Crippen molar-refractivity contribution >= 4 is 5.97 Å². The molecule has 0 aliphatic rings. The molecule has 12 heavy (non-hydrogen) atoms. The molecule has 0 fully saturated rings. The third-order valence-corrected chi connectivity index (χ3v) is 1.09. The van der Waals surface area contributed by atoms with E-state index in [-0.39, 0.29) is 5.69 Å². The standard InChI is InChI=1S/C6H6N4O2/c1-4(2-7)12-6(11)5-3-8-10-9-5/h3-4H,1H3,(H,8,9,10). The Morgan fingerprint density at radius 1 is 1.92 bits per heavy atom. The van der Waals surface area contributed by atoms with Crippen molar-refractivity contribution in [1.29, 1.82) is 5.26 Å². The van der Waals surface area contributed by atoms with Gasteiger partial charge in [-0.15, -0.1) is 5.10 Å². The monoisotopic (exact) mass is 166 g/mol. The number of carbonyl (C=O) groups is 1. The highest BCUT2D eigenvalue weighted by Gasteiger charge is 2.13. The summed E-state index contributed by atoms with van der Waals surface area (Å²) in [6, 6.07) is 1.76. The lowest BCUT2D eigenvalue weighted by Crippen LogP contribution is -2.13. The highest BCUT2D eigenvalue weighted by atomic mass is 16.5. The van der Waals surface area contributed by atoms with Crippen LogP contribution in [-0.4, -0.2) is 27.5 Å². The van der Waals surface area contributed by atoms with Crippen molar-refractivity contribution in [3.05, 3.63) is 11.9 Å². The maximum atomic E-state index is 11.0. The molecule has 0 saturated heterocycles. The maximum absolute atomic E-state index is 11.0. The van der Waals surface area contributed by atoms with Gasteiger partial charge in [0.15, 0.2) is 11.8 Å². The summed E-state index contributed by atoms with van der Waals surface area (Å²) >= 11 is 0. The Labute approximate surface area is 68.1 Å². The molecular formula is C6H6N4O2. The molecule has 1 rings (SSSR count). The Balaban J connectivity index is 2.57. The molecule has 1 atom stereocenters. The average molecular weight is 166 g/mol. The lowest BCUT2D eigenvalue weighted by atomic mass is 10.4. The zero-order valence-electron chi connectivity index (χ0n) is 6.31. The molecular weight excluding hydrogens is 160 g/mol. The number of aromatic nitrogens is 3. The number of hydrogen-bond donors (Lipinski definition) is 1. The molecule has 0 aliphatic heterocycles. The fourth-order valence-electron chi connectivity index (χ4n) is 0.547. The van der Waals surface area contributed by atoms with Crippen molar-refractivity contribution in [3.63, 3.8) is 0 Å². The third-order valence-electron chi connectivity index (χ3n) is 1.09. The number of rotatable bonds is 2. The smallest absolute Gasteiger partial charge is 0.361 e. The Kier molecular flexibility index (Phi) is 2.38. The quantitative estimate of drug-likeness (QED) is 0.618. The molecule has 0 bridgehead atoms. The van der Waals surface area contributed by atoms with Gasteiger partial charge in [-0.2, -0.15) is 15.6 Å². The second-order valence-corrected chi connectivity index (χ2v) is 2.03. The van der Waals surface area contributed by atoms with Crippen LogP contribution in [0.25, 0.3) is 0 Å². The van der Waals surface area contributed by atoms with E-state index in [1.165, 1.54) is 13.1 Å². The Bertz CT molecular complexity index is 300. The molecule has 1 aromatic heterocycles. The van der Waals surface area contributed by atoms with Crippen LogP contribution in [0.4, 0.5) is 0 Å². The average Bonchev–Trinajstić information content (AvgIpc) is 2.56. The van der Waals surface area contributed by atoms with Crippen molar-refractivity contribution in [2.75, 3.05) is 0 Å². The van der Waals surface area contributed by atoms with Gasteiger partial charge in [0.2, 0.25) is 0 Å². The van der Waals surface area contributed by atoms with Crippen LogP contribution in [0.3, 0.4) is 0 Å². The molecule has 1 heterocycles. The summed E-state index contributed by atoms with van der Waals surface area (Å²) in [5.74, 6) is -0.655. The van der Waals surface area contributed by atoms with Crippen LogP contribution in [0.1, 0.15) is 17.4 Å².